The first kappa shape index (κ1) is 10.8. The molecule has 0 aromatic heterocycles. The van der Waals surface area contributed by atoms with Gasteiger partial charge in [-0.2, -0.15) is 0 Å². The lowest BCUT2D eigenvalue weighted by atomic mass is 10.4. The fraction of sp³-hybridized carbons (Fsp3) is 0.667. The zero-order valence-electron chi connectivity index (χ0n) is 8.02. The minimum atomic E-state index is 0.391. The van der Waals surface area contributed by atoms with Gasteiger partial charge in [-0.05, 0) is 13.8 Å². The minimum absolute atomic E-state index is 0.391. The maximum Gasteiger partial charge on any atom is 0.191 e. The van der Waals surface area contributed by atoms with E-state index in [1.165, 1.54) is 0 Å². The monoisotopic (exact) mass is 167 g/mol. The third kappa shape index (κ3) is 5.60. The highest BCUT2D eigenvalue weighted by Crippen LogP contribution is 1.78. The van der Waals surface area contributed by atoms with Crippen LogP contribution in [0.3, 0.4) is 0 Å². The molecule has 0 unspecified atom stereocenters. The van der Waals surface area contributed by atoms with Gasteiger partial charge in [0.15, 0.2) is 5.96 Å². The molecule has 0 saturated carbocycles. The average Bonchev–Trinajstić information content (AvgIpc) is 2.02. The standard InChI is InChI=1S/C9H17N3/c1-5-6-7-11-9(10-4)12-8(2)3/h1,8H,6-7H2,2-4H3,(H2,10,11,12). The van der Waals surface area contributed by atoms with E-state index in [1.54, 1.807) is 7.05 Å². The first-order valence-electron chi connectivity index (χ1n) is 4.11. The largest absolute Gasteiger partial charge is 0.355 e. The normalized spacial score (nSPS) is 11.1. The van der Waals surface area contributed by atoms with Gasteiger partial charge in [-0.1, -0.05) is 0 Å². The molecule has 0 saturated heterocycles. The summed E-state index contributed by atoms with van der Waals surface area (Å²) in [5, 5.41) is 6.26. The fourth-order valence-corrected chi connectivity index (χ4v) is 0.721. The first-order valence-corrected chi connectivity index (χ1v) is 4.11. The molecular weight excluding hydrogens is 150 g/mol. The van der Waals surface area contributed by atoms with Crippen LogP contribution in [0.2, 0.25) is 0 Å². The Morgan fingerprint density at radius 1 is 1.58 bits per heavy atom. The number of hydrogen-bond donors (Lipinski definition) is 2. The van der Waals surface area contributed by atoms with Crippen molar-refractivity contribution in [3.8, 4) is 12.3 Å². The summed E-state index contributed by atoms with van der Waals surface area (Å²) in [6, 6.07) is 0.391. The zero-order chi connectivity index (χ0) is 9.40. The second-order valence-corrected chi connectivity index (χ2v) is 2.75. The van der Waals surface area contributed by atoms with Crippen molar-refractivity contribution in [1.82, 2.24) is 10.6 Å². The van der Waals surface area contributed by atoms with Crippen LogP contribution in [0.15, 0.2) is 4.99 Å². The SMILES string of the molecule is C#CCCNC(=NC)NC(C)C. The Bertz CT molecular complexity index is 177. The van der Waals surface area contributed by atoms with Crippen LogP contribution in [-0.2, 0) is 0 Å². The van der Waals surface area contributed by atoms with Crippen molar-refractivity contribution in [3.05, 3.63) is 0 Å². The third-order valence-electron chi connectivity index (χ3n) is 1.21. The van der Waals surface area contributed by atoms with Crippen molar-refractivity contribution >= 4 is 5.96 Å². The highest BCUT2D eigenvalue weighted by Gasteiger charge is 1.96. The predicted molar refractivity (Wildman–Crippen MR) is 53.1 cm³/mol. The number of aliphatic imine (C=N–C) groups is 1. The Balaban J connectivity index is 3.64. The Morgan fingerprint density at radius 2 is 2.25 bits per heavy atom. The van der Waals surface area contributed by atoms with Gasteiger partial charge in [-0.15, -0.1) is 12.3 Å². The molecule has 0 aromatic rings. The molecule has 0 fully saturated rings. The second kappa shape index (κ2) is 6.53. The number of guanidine groups is 1. The van der Waals surface area contributed by atoms with E-state index in [4.69, 9.17) is 6.42 Å². The van der Waals surface area contributed by atoms with Gasteiger partial charge in [0.2, 0.25) is 0 Å². The molecule has 0 rings (SSSR count). The molecule has 3 nitrogen and oxygen atoms in total. The van der Waals surface area contributed by atoms with Crippen LogP contribution in [0, 0.1) is 12.3 Å². The molecule has 12 heavy (non-hydrogen) atoms. The lowest BCUT2D eigenvalue weighted by Crippen LogP contribution is -2.41. The Kier molecular flexibility index (Phi) is 5.90. The maximum atomic E-state index is 5.11. The van der Waals surface area contributed by atoms with Crippen LogP contribution in [0.4, 0.5) is 0 Å². The van der Waals surface area contributed by atoms with Gasteiger partial charge in [-0.25, -0.2) is 0 Å². The highest BCUT2D eigenvalue weighted by molar-refractivity contribution is 5.79. The molecule has 0 aliphatic heterocycles. The Hall–Kier alpha value is -1.17. The average molecular weight is 167 g/mol. The van der Waals surface area contributed by atoms with Gasteiger partial charge in [0, 0.05) is 26.1 Å². The molecule has 3 heteroatoms. The summed E-state index contributed by atoms with van der Waals surface area (Å²) in [4.78, 5) is 4.03. The van der Waals surface area contributed by atoms with E-state index in [0.29, 0.717) is 6.04 Å². The van der Waals surface area contributed by atoms with E-state index in [-0.39, 0.29) is 0 Å². The van der Waals surface area contributed by atoms with Crippen LogP contribution >= 0.6 is 0 Å². The molecule has 0 atom stereocenters. The molecular formula is C9H17N3. The van der Waals surface area contributed by atoms with E-state index >= 15 is 0 Å². The van der Waals surface area contributed by atoms with E-state index in [2.05, 4.69) is 35.4 Å². The van der Waals surface area contributed by atoms with Crippen LogP contribution < -0.4 is 10.6 Å². The van der Waals surface area contributed by atoms with Crippen LogP contribution in [-0.4, -0.2) is 25.6 Å². The first-order chi connectivity index (χ1) is 5.70. The molecule has 2 N–H and O–H groups in total. The van der Waals surface area contributed by atoms with Crippen molar-refractivity contribution in [2.24, 2.45) is 4.99 Å². The van der Waals surface area contributed by atoms with Crippen molar-refractivity contribution in [2.45, 2.75) is 26.3 Å². The van der Waals surface area contributed by atoms with Crippen molar-refractivity contribution in [2.75, 3.05) is 13.6 Å². The number of nitrogens with one attached hydrogen (secondary N) is 2. The molecule has 0 spiro atoms. The van der Waals surface area contributed by atoms with Gasteiger partial charge in [0.05, 0.1) is 0 Å². The molecule has 0 aromatic carbocycles. The quantitative estimate of drug-likeness (QED) is 0.279. The summed E-state index contributed by atoms with van der Waals surface area (Å²) in [5.41, 5.74) is 0. The third-order valence-corrected chi connectivity index (χ3v) is 1.21. The predicted octanol–water partition coefficient (Wildman–Crippen LogP) is 0.583. The zero-order valence-corrected chi connectivity index (χ0v) is 8.02. The summed E-state index contributed by atoms with van der Waals surface area (Å²) < 4.78 is 0. The topological polar surface area (TPSA) is 36.4 Å². The summed E-state index contributed by atoms with van der Waals surface area (Å²) in [6.45, 7) is 4.89. The lowest BCUT2D eigenvalue weighted by molar-refractivity contribution is 0.701. The van der Waals surface area contributed by atoms with Gasteiger partial charge in [0.1, 0.15) is 0 Å². The maximum absolute atomic E-state index is 5.11. The number of rotatable bonds is 3. The lowest BCUT2D eigenvalue weighted by Gasteiger charge is -2.13. The molecule has 0 amide bonds. The Morgan fingerprint density at radius 3 is 2.67 bits per heavy atom. The van der Waals surface area contributed by atoms with Crippen molar-refractivity contribution < 1.29 is 0 Å². The van der Waals surface area contributed by atoms with Gasteiger partial charge in [-0.3, -0.25) is 4.99 Å². The number of terminal acetylenes is 1. The summed E-state index contributed by atoms with van der Waals surface area (Å²) in [7, 11) is 1.74. The second-order valence-electron chi connectivity index (χ2n) is 2.75. The number of nitrogens with zero attached hydrogens (tertiary/aromatic N) is 1. The summed E-state index contributed by atoms with van der Waals surface area (Å²) in [6.07, 6.45) is 5.83. The molecule has 0 aliphatic carbocycles. The van der Waals surface area contributed by atoms with Gasteiger partial charge in [0.25, 0.3) is 0 Å². The van der Waals surface area contributed by atoms with Gasteiger partial charge < -0.3 is 10.6 Å². The smallest absolute Gasteiger partial charge is 0.191 e. The van der Waals surface area contributed by atoms with E-state index in [0.717, 1.165) is 18.9 Å². The Labute approximate surface area is 74.7 Å². The highest BCUT2D eigenvalue weighted by atomic mass is 15.2. The number of hydrogen-bond acceptors (Lipinski definition) is 1. The van der Waals surface area contributed by atoms with E-state index in [9.17, 15) is 0 Å². The van der Waals surface area contributed by atoms with Crippen LogP contribution in [0.25, 0.3) is 0 Å². The van der Waals surface area contributed by atoms with Crippen molar-refractivity contribution in [1.29, 1.82) is 0 Å². The van der Waals surface area contributed by atoms with E-state index < -0.39 is 0 Å². The van der Waals surface area contributed by atoms with Crippen LogP contribution in [0.5, 0.6) is 0 Å². The molecule has 68 valence electrons. The van der Waals surface area contributed by atoms with E-state index in [1.807, 2.05) is 0 Å². The molecule has 0 radical (unpaired) electrons. The molecule has 0 heterocycles. The van der Waals surface area contributed by atoms with Crippen molar-refractivity contribution in [3.63, 3.8) is 0 Å². The summed E-state index contributed by atoms with van der Waals surface area (Å²) >= 11 is 0. The minimum Gasteiger partial charge on any atom is -0.355 e. The van der Waals surface area contributed by atoms with Crippen LogP contribution in [0.1, 0.15) is 20.3 Å². The fourth-order valence-electron chi connectivity index (χ4n) is 0.721. The molecule has 0 bridgehead atoms. The van der Waals surface area contributed by atoms with Gasteiger partial charge >= 0.3 is 0 Å². The summed E-state index contributed by atoms with van der Waals surface area (Å²) in [5.74, 6) is 3.36. The molecule has 0 aliphatic rings.